The normalized spacial score (nSPS) is 51.6. The van der Waals surface area contributed by atoms with Crippen molar-refractivity contribution >= 4 is 11.9 Å². The highest BCUT2D eigenvalue weighted by Crippen LogP contribution is 2.53. The molecule has 22 heavy (non-hydrogen) atoms. The molecule has 4 bridgehead atoms. The van der Waals surface area contributed by atoms with Crippen molar-refractivity contribution < 1.29 is 19.4 Å². The summed E-state index contributed by atoms with van der Waals surface area (Å²) in [7, 11) is 0. The number of nitrogens with zero attached hydrogens (tertiary/aromatic N) is 2. The first-order valence-corrected chi connectivity index (χ1v) is 8.22. The molecule has 0 aliphatic carbocycles. The zero-order chi connectivity index (χ0) is 15.1. The summed E-state index contributed by atoms with van der Waals surface area (Å²) in [5, 5.41) is 9.51. The fraction of sp³-hybridized carbons (Fsp3) is 0.750. The molecule has 0 radical (unpaired) electrons. The van der Waals surface area contributed by atoms with Gasteiger partial charge in [0.2, 0.25) is 5.91 Å². The molecule has 6 aliphatic heterocycles. The minimum absolute atomic E-state index is 0.00185. The summed E-state index contributed by atoms with van der Waals surface area (Å²) in [6.07, 6.45) is 5.64. The highest BCUT2D eigenvalue weighted by Gasteiger charge is 2.68. The molecular formula is C16H20N2O4. The Bertz CT molecular complexity index is 583. The number of hydrogen-bond donors (Lipinski definition) is 1. The molecule has 6 heteroatoms. The van der Waals surface area contributed by atoms with Crippen LogP contribution in [0.15, 0.2) is 12.2 Å². The topological polar surface area (TPSA) is 70.1 Å². The maximum absolute atomic E-state index is 13.0. The van der Waals surface area contributed by atoms with Crippen molar-refractivity contribution in [3.8, 4) is 0 Å². The second-order valence-electron chi connectivity index (χ2n) is 7.41. The Balaban J connectivity index is 1.48. The number of carboxylic acid groups (broad SMARTS) is 1. The Morgan fingerprint density at radius 3 is 2.77 bits per heavy atom. The van der Waals surface area contributed by atoms with Crippen molar-refractivity contribution in [3.63, 3.8) is 0 Å². The van der Waals surface area contributed by atoms with E-state index in [9.17, 15) is 14.7 Å². The molecule has 6 nitrogen and oxygen atoms in total. The number of carboxylic acids is 1. The highest BCUT2D eigenvalue weighted by atomic mass is 16.5. The number of aliphatic carboxylic acids is 1. The number of carbonyl (C=O) groups excluding carboxylic acids is 1. The molecule has 6 rings (SSSR count). The van der Waals surface area contributed by atoms with Crippen LogP contribution in [0.4, 0.5) is 0 Å². The van der Waals surface area contributed by atoms with E-state index < -0.39 is 29.5 Å². The van der Waals surface area contributed by atoms with E-state index >= 15 is 0 Å². The standard InChI is InChI=1S/C16H20N2O4/c19-14-13-12(15(20)21)11-1-4-16(13,22-11)8-18(14)10-7-17-5-2-9(10)3-6-17/h1,4,9-13H,2-3,5-8H2,(H,20,21)/t10-,11+,12-,13+,16-/m0/s1. The lowest BCUT2D eigenvalue weighted by atomic mass is 9.77. The molecular weight excluding hydrogens is 284 g/mol. The van der Waals surface area contributed by atoms with E-state index in [2.05, 4.69) is 4.90 Å². The summed E-state index contributed by atoms with van der Waals surface area (Å²) in [5.74, 6) is -1.60. The van der Waals surface area contributed by atoms with Crippen LogP contribution in [0, 0.1) is 17.8 Å². The molecule has 1 spiro atoms. The Labute approximate surface area is 128 Å². The van der Waals surface area contributed by atoms with Gasteiger partial charge in [0, 0.05) is 12.6 Å². The summed E-state index contributed by atoms with van der Waals surface area (Å²) in [6.45, 7) is 3.73. The molecule has 6 heterocycles. The van der Waals surface area contributed by atoms with Crippen molar-refractivity contribution in [3.05, 3.63) is 12.2 Å². The van der Waals surface area contributed by atoms with Gasteiger partial charge in [0.15, 0.2) is 0 Å². The van der Waals surface area contributed by atoms with Crippen LogP contribution in [0.3, 0.4) is 0 Å². The number of rotatable bonds is 2. The second-order valence-corrected chi connectivity index (χ2v) is 7.41. The highest BCUT2D eigenvalue weighted by molar-refractivity contribution is 5.91. The third-order valence-electron chi connectivity index (χ3n) is 6.44. The van der Waals surface area contributed by atoms with E-state index in [-0.39, 0.29) is 11.9 Å². The van der Waals surface area contributed by atoms with Crippen LogP contribution < -0.4 is 0 Å². The van der Waals surface area contributed by atoms with Gasteiger partial charge in [0.05, 0.1) is 18.6 Å². The summed E-state index contributed by atoms with van der Waals surface area (Å²) in [4.78, 5) is 29.0. The molecule has 6 aliphatic rings. The summed E-state index contributed by atoms with van der Waals surface area (Å²) >= 11 is 0. The van der Waals surface area contributed by atoms with Crippen molar-refractivity contribution in [2.45, 2.75) is 30.6 Å². The van der Waals surface area contributed by atoms with Gasteiger partial charge in [-0.05, 0) is 31.8 Å². The molecule has 5 atom stereocenters. The third kappa shape index (κ3) is 1.47. The molecule has 1 N–H and O–H groups in total. The average Bonchev–Trinajstić information content (AvgIpc) is 3.16. The number of ether oxygens (including phenoxy) is 1. The van der Waals surface area contributed by atoms with Crippen molar-refractivity contribution in [1.82, 2.24) is 9.80 Å². The van der Waals surface area contributed by atoms with Gasteiger partial charge in [0.1, 0.15) is 11.5 Å². The van der Waals surface area contributed by atoms with E-state index in [1.54, 1.807) is 0 Å². The largest absolute Gasteiger partial charge is 0.481 e. The monoisotopic (exact) mass is 304 g/mol. The SMILES string of the molecule is O=C(O)[C@H]1[C@H]2C=C[C@@]3(CN([C@H]4CN5CCC4CC5)C(=O)[C@@H]13)O2. The van der Waals surface area contributed by atoms with Crippen LogP contribution in [0.5, 0.6) is 0 Å². The molecule has 1 amide bonds. The fourth-order valence-corrected chi connectivity index (χ4v) is 5.38. The lowest BCUT2D eigenvalue weighted by Gasteiger charge is -2.48. The number of hydrogen-bond acceptors (Lipinski definition) is 4. The summed E-state index contributed by atoms with van der Waals surface area (Å²) < 4.78 is 5.96. The van der Waals surface area contributed by atoms with Gasteiger partial charge in [-0.1, -0.05) is 12.2 Å². The smallest absolute Gasteiger partial charge is 0.310 e. The van der Waals surface area contributed by atoms with Gasteiger partial charge in [-0.2, -0.15) is 0 Å². The van der Waals surface area contributed by atoms with E-state index in [1.165, 1.54) is 0 Å². The first-order chi connectivity index (χ1) is 10.6. The predicted molar refractivity (Wildman–Crippen MR) is 76.0 cm³/mol. The maximum Gasteiger partial charge on any atom is 0.310 e. The third-order valence-corrected chi connectivity index (χ3v) is 6.44. The zero-order valence-electron chi connectivity index (χ0n) is 12.4. The van der Waals surface area contributed by atoms with Crippen LogP contribution in [0.1, 0.15) is 12.8 Å². The van der Waals surface area contributed by atoms with Crippen LogP contribution in [0.25, 0.3) is 0 Å². The number of carbonyl (C=O) groups is 2. The Hall–Kier alpha value is -1.40. The lowest BCUT2D eigenvalue weighted by Crippen LogP contribution is -2.58. The quantitative estimate of drug-likeness (QED) is 0.724. The number of likely N-dealkylation sites (tertiary alicyclic amines) is 1. The molecule has 0 aromatic heterocycles. The molecule has 0 aromatic rings. The molecule has 0 saturated carbocycles. The zero-order valence-corrected chi connectivity index (χ0v) is 12.4. The Morgan fingerprint density at radius 2 is 2.14 bits per heavy atom. The second kappa shape index (κ2) is 4.11. The van der Waals surface area contributed by atoms with Crippen LogP contribution in [-0.4, -0.2) is 70.7 Å². The van der Waals surface area contributed by atoms with Crippen LogP contribution in [-0.2, 0) is 14.3 Å². The molecule has 0 unspecified atom stereocenters. The molecule has 5 saturated heterocycles. The summed E-state index contributed by atoms with van der Waals surface area (Å²) in [5.41, 5.74) is -0.684. The first kappa shape index (κ1) is 13.1. The first-order valence-electron chi connectivity index (χ1n) is 8.22. The fourth-order valence-electron chi connectivity index (χ4n) is 5.38. The Morgan fingerprint density at radius 1 is 1.36 bits per heavy atom. The van der Waals surface area contributed by atoms with Gasteiger partial charge in [0.25, 0.3) is 0 Å². The number of fused-ring (bicyclic) bond motifs is 4. The van der Waals surface area contributed by atoms with E-state index in [4.69, 9.17) is 4.74 Å². The van der Waals surface area contributed by atoms with Gasteiger partial charge in [-0.15, -0.1) is 0 Å². The van der Waals surface area contributed by atoms with E-state index in [0.29, 0.717) is 12.5 Å². The van der Waals surface area contributed by atoms with Crippen LogP contribution >= 0.6 is 0 Å². The van der Waals surface area contributed by atoms with Crippen molar-refractivity contribution in [1.29, 1.82) is 0 Å². The van der Waals surface area contributed by atoms with E-state index in [1.807, 2.05) is 17.1 Å². The molecule has 0 aromatic carbocycles. The Kier molecular flexibility index (Phi) is 2.45. The lowest BCUT2D eigenvalue weighted by molar-refractivity contribution is -0.149. The minimum atomic E-state index is -0.912. The van der Waals surface area contributed by atoms with Crippen molar-refractivity contribution in [2.24, 2.45) is 17.8 Å². The van der Waals surface area contributed by atoms with Gasteiger partial charge in [-0.25, -0.2) is 0 Å². The maximum atomic E-state index is 13.0. The number of amides is 1. The number of piperidine rings is 3. The van der Waals surface area contributed by atoms with Gasteiger partial charge in [-0.3, -0.25) is 9.59 Å². The average molecular weight is 304 g/mol. The van der Waals surface area contributed by atoms with Crippen LogP contribution in [0.2, 0.25) is 0 Å². The van der Waals surface area contributed by atoms with Gasteiger partial charge < -0.3 is 19.6 Å². The van der Waals surface area contributed by atoms with E-state index in [0.717, 1.165) is 32.5 Å². The predicted octanol–water partition coefficient (Wildman–Crippen LogP) is -0.0528. The molecule has 118 valence electrons. The summed E-state index contributed by atoms with van der Waals surface area (Å²) in [6, 6.07) is 0.237. The van der Waals surface area contributed by atoms with Crippen molar-refractivity contribution in [2.75, 3.05) is 26.2 Å². The van der Waals surface area contributed by atoms with Gasteiger partial charge >= 0.3 is 5.97 Å². The minimum Gasteiger partial charge on any atom is -0.481 e. The molecule has 5 fully saturated rings.